The van der Waals surface area contributed by atoms with Gasteiger partial charge in [-0.2, -0.15) is 0 Å². The molecule has 0 radical (unpaired) electrons. The quantitative estimate of drug-likeness (QED) is 0.453. The minimum absolute atomic E-state index is 0.761. The topological polar surface area (TPSA) is 54.2 Å². The first kappa shape index (κ1) is 20.0. The lowest BCUT2D eigenvalue weighted by Gasteiger charge is -2.13. The minimum Gasteiger partial charge on any atom is -0.356 e. The normalized spacial score (nSPS) is 11.4. The van der Waals surface area contributed by atoms with E-state index >= 15 is 0 Å². The Balaban J connectivity index is 1.44. The van der Waals surface area contributed by atoms with Gasteiger partial charge in [0.1, 0.15) is 5.82 Å². The first-order chi connectivity index (χ1) is 13.8. The van der Waals surface area contributed by atoms with Gasteiger partial charge in [0.05, 0.1) is 0 Å². The van der Waals surface area contributed by atoms with E-state index < -0.39 is 0 Å². The van der Waals surface area contributed by atoms with Crippen molar-refractivity contribution < 1.29 is 0 Å². The van der Waals surface area contributed by atoms with Crippen LogP contribution in [0.4, 0.5) is 0 Å². The van der Waals surface area contributed by atoms with Gasteiger partial charge in [-0.05, 0) is 23.6 Å². The summed E-state index contributed by atoms with van der Waals surface area (Å²) in [7, 11) is 1.78. The van der Waals surface area contributed by atoms with Crippen molar-refractivity contribution in [2.24, 2.45) is 4.99 Å². The van der Waals surface area contributed by atoms with Crippen molar-refractivity contribution in [1.82, 2.24) is 20.2 Å². The van der Waals surface area contributed by atoms with Crippen molar-refractivity contribution in [3.8, 4) is 0 Å². The highest BCUT2D eigenvalue weighted by Gasteiger charge is 2.05. The largest absolute Gasteiger partial charge is 0.356 e. The van der Waals surface area contributed by atoms with Gasteiger partial charge >= 0.3 is 0 Å². The maximum Gasteiger partial charge on any atom is 0.191 e. The number of guanidine groups is 1. The van der Waals surface area contributed by atoms with Gasteiger partial charge in [0.15, 0.2) is 5.96 Å². The van der Waals surface area contributed by atoms with Gasteiger partial charge in [-0.25, -0.2) is 4.98 Å². The van der Waals surface area contributed by atoms with Gasteiger partial charge in [-0.1, -0.05) is 60.1 Å². The second kappa shape index (κ2) is 10.5. The van der Waals surface area contributed by atoms with E-state index in [1.54, 1.807) is 7.05 Å². The first-order valence-electron chi connectivity index (χ1n) is 9.48. The first-order valence-corrected chi connectivity index (χ1v) is 9.86. The van der Waals surface area contributed by atoms with Crippen LogP contribution in [0, 0.1) is 0 Å². The lowest BCUT2D eigenvalue weighted by atomic mass is 10.1. The van der Waals surface area contributed by atoms with Crippen LogP contribution in [-0.2, 0) is 19.4 Å². The number of hydrogen-bond donors (Lipinski definition) is 2. The summed E-state index contributed by atoms with van der Waals surface area (Å²) < 4.78 is 2.19. The summed E-state index contributed by atoms with van der Waals surface area (Å²) in [4.78, 5) is 8.78. The molecule has 146 valence electrons. The van der Waals surface area contributed by atoms with Crippen LogP contribution in [0.3, 0.4) is 0 Å². The molecule has 2 N–H and O–H groups in total. The van der Waals surface area contributed by atoms with Crippen LogP contribution in [0.1, 0.15) is 17.0 Å². The average Bonchev–Trinajstić information content (AvgIpc) is 3.16. The molecule has 0 saturated heterocycles. The predicted molar refractivity (Wildman–Crippen MR) is 116 cm³/mol. The predicted octanol–water partition coefficient (Wildman–Crippen LogP) is 3.54. The smallest absolute Gasteiger partial charge is 0.191 e. The van der Waals surface area contributed by atoms with E-state index in [-0.39, 0.29) is 0 Å². The van der Waals surface area contributed by atoms with Crippen molar-refractivity contribution in [3.63, 3.8) is 0 Å². The second-order valence-electron chi connectivity index (χ2n) is 6.47. The summed E-state index contributed by atoms with van der Waals surface area (Å²) in [5.41, 5.74) is 2.40. The van der Waals surface area contributed by atoms with Crippen LogP contribution in [0.15, 0.2) is 72.0 Å². The van der Waals surface area contributed by atoms with Crippen molar-refractivity contribution >= 4 is 17.6 Å². The molecule has 0 amide bonds. The van der Waals surface area contributed by atoms with E-state index in [2.05, 4.69) is 49.4 Å². The Bertz CT molecular complexity index is 889. The third kappa shape index (κ3) is 5.86. The maximum atomic E-state index is 6.20. The van der Waals surface area contributed by atoms with Crippen LogP contribution in [0.2, 0.25) is 5.02 Å². The molecule has 5 nitrogen and oxygen atoms in total. The molecule has 28 heavy (non-hydrogen) atoms. The van der Waals surface area contributed by atoms with Crippen LogP contribution in [0.5, 0.6) is 0 Å². The van der Waals surface area contributed by atoms with Crippen molar-refractivity contribution in [2.45, 2.75) is 19.4 Å². The van der Waals surface area contributed by atoms with Crippen molar-refractivity contribution in [2.75, 3.05) is 20.1 Å². The molecule has 0 spiro atoms. The fraction of sp³-hybridized carbons (Fsp3) is 0.273. The summed E-state index contributed by atoms with van der Waals surface area (Å²) in [6.45, 7) is 2.37. The Labute approximate surface area is 171 Å². The number of nitrogens with zero attached hydrogens (tertiary/aromatic N) is 3. The van der Waals surface area contributed by atoms with Crippen molar-refractivity contribution in [3.05, 3.63) is 89.0 Å². The molecule has 0 unspecified atom stereocenters. The molecule has 3 aromatic rings. The summed E-state index contributed by atoms with van der Waals surface area (Å²) in [6.07, 6.45) is 5.56. The third-order valence-corrected chi connectivity index (χ3v) is 4.88. The number of imidazole rings is 1. The zero-order valence-electron chi connectivity index (χ0n) is 16.1. The molecule has 1 heterocycles. The Morgan fingerprint density at radius 1 is 1.00 bits per heavy atom. The van der Waals surface area contributed by atoms with Gasteiger partial charge in [-0.3, -0.25) is 4.99 Å². The second-order valence-corrected chi connectivity index (χ2v) is 6.88. The van der Waals surface area contributed by atoms with E-state index in [4.69, 9.17) is 11.6 Å². The van der Waals surface area contributed by atoms with E-state index in [1.807, 2.05) is 42.7 Å². The van der Waals surface area contributed by atoms with Crippen LogP contribution < -0.4 is 10.6 Å². The zero-order chi connectivity index (χ0) is 19.6. The number of aliphatic imine (C=N–C) groups is 1. The molecule has 0 atom stereocenters. The fourth-order valence-electron chi connectivity index (χ4n) is 3.02. The van der Waals surface area contributed by atoms with Crippen LogP contribution in [-0.4, -0.2) is 35.6 Å². The summed E-state index contributed by atoms with van der Waals surface area (Å²) in [5, 5.41) is 7.49. The Morgan fingerprint density at radius 2 is 1.71 bits per heavy atom. The van der Waals surface area contributed by atoms with Gasteiger partial charge in [0.25, 0.3) is 0 Å². The van der Waals surface area contributed by atoms with E-state index in [1.165, 1.54) is 5.56 Å². The highest BCUT2D eigenvalue weighted by molar-refractivity contribution is 6.31. The lowest BCUT2D eigenvalue weighted by Crippen LogP contribution is -2.39. The van der Waals surface area contributed by atoms with E-state index in [0.29, 0.717) is 0 Å². The fourth-order valence-corrected chi connectivity index (χ4v) is 3.25. The van der Waals surface area contributed by atoms with Crippen LogP contribution in [0.25, 0.3) is 0 Å². The molecule has 3 rings (SSSR count). The average molecular weight is 396 g/mol. The van der Waals surface area contributed by atoms with Crippen molar-refractivity contribution in [1.29, 1.82) is 0 Å². The number of rotatable bonds is 8. The zero-order valence-corrected chi connectivity index (χ0v) is 16.9. The summed E-state index contributed by atoms with van der Waals surface area (Å²) >= 11 is 6.20. The molecule has 0 fully saturated rings. The molecule has 6 heteroatoms. The highest BCUT2D eigenvalue weighted by atomic mass is 35.5. The maximum absolute atomic E-state index is 6.20. The molecule has 0 saturated carbocycles. The lowest BCUT2D eigenvalue weighted by molar-refractivity contribution is 0.693. The number of nitrogens with one attached hydrogen (secondary N) is 2. The number of benzene rings is 2. The van der Waals surface area contributed by atoms with Gasteiger partial charge in [0, 0.05) is 50.5 Å². The SMILES string of the molecule is CN=C(NCCc1ccccc1Cl)NCCc1nccn1Cc1ccccc1. The van der Waals surface area contributed by atoms with E-state index in [9.17, 15) is 0 Å². The van der Waals surface area contributed by atoms with Gasteiger partial charge in [0.2, 0.25) is 0 Å². The Morgan fingerprint density at radius 3 is 2.46 bits per heavy atom. The Hall–Kier alpha value is -2.79. The number of hydrogen-bond acceptors (Lipinski definition) is 2. The van der Waals surface area contributed by atoms with Crippen LogP contribution >= 0.6 is 11.6 Å². The molecule has 2 aromatic carbocycles. The third-order valence-electron chi connectivity index (χ3n) is 4.51. The molecule has 0 aliphatic heterocycles. The standard InChI is InChI=1S/C22H26ClN5/c1-24-22(26-13-11-19-9-5-6-10-20(19)23)27-14-12-21-25-15-16-28(21)17-18-7-3-2-4-8-18/h2-10,15-16H,11-14,17H2,1H3,(H2,24,26,27). The molecule has 1 aromatic heterocycles. The summed E-state index contributed by atoms with van der Waals surface area (Å²) in [5.74, 6) is 1.84. The monoisotopic (exact) mass is 395 g/mol. The molecular formula is C22H26ClN5. The van der Waals surface area contributed by atoms with Gasteiger partial charge in [-0.15, -0.1) is 0 Å². The highest BCUT2D eigenvalue weighted by Crippen LogP contribution is 2.14. The molecule has 0 bridgehead atoms. The van der Waals surface area contributed by atoms with Gasteiger partial charge < -0.3 is 15.2 Å². The number of aromatic nitrogens is 2. The molecule has 0 aliphatic rings. The minimum atomic E-state index is 0.761. The summed E-state index contributed by atoms with van der Waals surface area (Å²) in [6, 6.07) is 18.3. The van der Waals surface area contributed by atoms with E-state index in [0.717, 1.165) is 54.8 Å². The molecule has 0 aliphatic carbocycles. The molecular weight excluding hydrogens is 370 g/mol. The Kier molecular flexibility index (Phi) is 7.50. The number of halogens is 1.